The fraction of sp³-hybridized carbons (Fsp3) is 0. The van der Waals surface area contributed by atoms with Crippen LogP contribution in [-0.2, 0) is 0 Å². The third-order valence-electron chi connectivity index (χ3n) is 2.32. The first-order chi connectivity index (χ1) is 8.24. The van der Waals surface area contributed by atoms with Crippen LogP contribution in [-0.4, -0.2) is 4.98 Å². The molecule has 0 amide bonds. The highest BCUT2D eigenvalue weighted by molar-refractivity contribution is 7.17. The van der Waals surface area contributed by atoms with Crippen molar-refractivity contribution in [2.45, 2.75) is 0 Å². The second-order valence-corrected chi connectivity index (χ2v) is 4.36. The molecule has 0 saturated heterocycles. The number of rotatable bonds is 1. The average molecular weight is 247 g/mol. The van der Waals surface area contributed by atoms with Gasteiger partial charge in [0.25, 0.3) is 5.56 Å². The summed E-state index contributed by atoms with van der Waals surface area (Å²) in [6.07, 6.45) is 0. The van der Waals surface area contributed by atoms with Crippen LogP contribution in [0.3, 0.4) is 0 Å². The van der Waals surface area contributed by atoms with E-state index in [9.17, 15) is 9.18 Å². The molecule has 5 heteroatoms. The van der Waals surface area contributed by atoms with Gasteiger partial charge in [0.2, 0.25) is 5.89 Å². The Morgan fingerprint density at radius 2 is 1.94 bits per heavy atom. The van der Waals surface area contributed by atoms with Crippen molar-refractivity contribution in [1.29, 1.82) is 0 Å². The van der Waals surface area contributed by atoms with E-state index in [1.165, 1.54) is 35.6 Å². The normalized spacial score (nSPS) is 10.9. The molecule has 2 heterocycles. The maximum absolute atomic E-state index is 12.8. The molecule has 2 aromatic heterocycles. The van der Waals surface area contributed by atoms with Crippen molar-refractivity contribution in [2.75, 3.05) is 0 Å². The summed E-state index contributed by atoms with van der Waals surface area (Å²) in [5, 5.41) is 1.77. The van der Waals surface area contributed by atoms with Crippen LogP contribution in [0.5, 0.6) is 0 Å². The molecule has 0 N–H and O–H groups in total. The number of nitrogens with zero attached hydrogens (tertiary/aromatic N) is 1. The largest absolute Gasteiger partial charge is 0.437 e. The molecule has 3 nitrogen and oxygen atoms in total. The minimum atomic E-state index is -0.340. The van der Waals surface area contributed by atoms with Crippen molar-refractivity contribution in [3.63, 3.8) is 0 Å². The summed E-state index contributed by atoms with van der Waals surface area (Å²) in [4.78, 5) is 15.5. The zero-order valence-corrected chi connectivity index (χ0v) is 9.33. The molecule has 0 radical (unpaired) electrons. The molecule has 0 aliphatic carbocycles. The topological polar surface area (TPSA) is 43.1 Å². The summed E-state index contributed by atoms with van der Waals surface area (Å²) in [6, 6.07) is 7.37. The van der Waals surface area contributed by atoms with E-state index >= 15 is 0 Å². The van der Waals surface area contributed by atoms with Gasteiger partial charge in [0.1, 0.15) is 10.5 Å². The lowest BCUT2D eigenvalue weighted by Crippen LogP contribution is -2.05. The van der Waals surface area contributed by atoms with Crippen LogP contribution in [0.4, 0.5) is 4.39 Å². The number of fused-ring (bicyclic) bond motifs is 1. The van der Waals surface area contributed by atoms with Crippen LogP contribution < -0.4 is 5.56 Å². The predicted octanol–water partition coefficient (Wildman–Crippen LogP) is 3.06. The predicted molar refractivity (Wildman–Crippen MR) is 63.6 cm³/mol. The smallest absolute Gasteiger partial charge is 0.294 e. The van der Waals surface area contributed by atoms with E-state index in [0.29, 0.717) is 15.8 Å². The summed E-state index contributed by atoms with van der Waals surface area (Å²) in [6.45, 7) is 0. The molecule has 3 aromatic rings. The molecule has 0 aliphatic heterocycles. The number of halogens is 1. The maximum Gasteiger partial charge on any atom is 0.294 e. The fourth-order valence-corrected chi connectivity index (χ4v) is 2.22. The Bertz CT molecular complexity index is 730. The van der Waals surface area contributed by atoms with E-state index in [4.69, 9.17) is 4.42 Å². The van der Waals surface area contributed by atoms with Gasteiger partial charge in [-0.3, -0.25) is 4.79 Å². The second kappa shape index (κ2) is 3.78. The molecule has 0 atom stereocenters. The first-order valence-electron chi connectivity index (χ1n) is 4.88. The summed E-state index contributed by atoms with van der Waals surface area (Å²) >= 11 is 1.29. The molecule has 0 aliphatic rings. The Kier molecular flexibility index (Phi) is 2.26. The SMILES string of the molecule is O=c1nc(-c2ccc(F)cc2)oc2ccsc12. The Balaban J connectivity index is 2.23. The molecule has 84 valence electrons. The Morgan fingerprint density at radius 3 is 2.71 bits per heavy atom. The Morgan fingerprint density at radius 1 is 1.18 bits per heavy atom. The lowest BCUT2D eigenvalue weighted by molar-refractivity contribution is 0.595. The van der Waals surface area contributed by atoms with Gasteiger partial charge in [-0.1, -0.05) is 0 Å². The summed E-state index contributed by atoms with van der Waals surface area (Å²) in [7, 11) is 0. The second-order valence-electron chi connectivity index (χ2n) is 3.45. The van der Waals surface area contributed by atoms with E-state index in [1.807, 2.05) is 0 Å². The van der Waals surface area contributed by atoms with Crippen molar-refractivity contribution < 1.29 is 8.81 Å². The molecule has 0 bridgehead atoms. The number of aromatic nitrogens is 1. The van der Waals surface area contributed by atoms with Crippen LogP contribution in [0, 0.1) is 5.82 Å². The third kappa shape index (κ3) is 1.74. The van der Waals surface area contributed by atoms with Gasteiger partial charge in [-0.15, -0.1) is 11.3 Å². The van der Waals surface area contributed by atoms with Crippen molar-refractivity contribution in [3.05, 3.63) is 51.9 Å². The van der Waals surface area contributed by atoms with Gasteiger partial charge < -0.3 is 4.42 Å². The molecular weight excluding hydrogens is 241 g/mol. The van der Waals surface area contributed by atoms with Gasteiger partial charge in [-0.2, -0.15) is 4.98 Å². The van der Waals surface area contributed by atoms with Gasteiger partial charge >= 0.3 is 0 Å². The number of hydrogen-bond acceptors (Lipinski definition) is 4. The molecule has 0 unspecified atom stereocenters. The van der Waals surface area contributed by atoms with Crippen LogP contribution >= 0.6 is 11.3 Å². The highest BCUT2D eigenvalue weighted by Gasteiger charge is 2.09. The van der Waals surface area contributed by atoms with Crippen LogP contribution in [0.1, 0.15) is 0 Å². The quantitative estimate of drug-likeness (QED) is 0.663. The first-order valence-corrected chi connectivity index (χ1v) is 5.76. The molecule has 0 saturated carbocycles. The van der Waals surface area contributed by atoms with Gasteiger partial charge in [-0.05, 0) is 35.7 Å². The van der Waals surface area contributed by atoms with Crippen LogP contribution in [0.15, 0.2) is 44.9 Å². The zero-order chi connectivity index (χ0) is 11.8. The van der Waals surface area contributed by atoms with Gasteiger partial charge in [0.05, 0.1) is 0 Å². The van der Waals surface area contributed by atoms with E-state index in [2.05, 4.69) is 4.98 Å². The summed E-state index contributed by atoms with van der Waals surface area (Å²) < 4.78 is 18.8. The van der Waals surface area contributed by atoms with Crippen molar-refractivity contribution in [1.82, 2.24) is 4.98 Å². The molecule has 1 aromatic carbocycles. The van der Waals surface area contributed by atoms with E-state index < -0.39 is 0 Å². The maximum atomic E-state index is 12.8. The first kappa shape index (κ1) is 10.2. The molecule has 0 spiro atoms. The minimum Gasteiger partial charge on any atom is -0.437 e. The minimum absolute atomic E-state index is 0.209. The number of thiophene rings is 1. The Labute approximate surface area is 99.2 Å². The van der Waals surface area contributed by atoms with Crippen LogP contribution in [0.25, 0.3) is 21.7 Å². The molecular formula is C12H6FNO2S. The van der Waals surface area contributed by atoms with Gasteiger partial charge in [0, 0.05) is 5.56 Å². The fourth-order valence-electron chi connectivity index (χ4n) is 1.52. The van der Waals surface area contributed by atoms with E-state index in [1.54, 1.807) is 11.4 Å². The lowest BCUT2D eigenvalue weighted by atomic mass is 10.2. The lowest BCUT2D eigenvalue weighted by Gasteiger charge is -1.99. The number of benzene rings is 1. The standard InChI is InChI=1S/C12H6FNO2S/c13-8-3-1-7(2-4-8)12-14-11(15)10-9(16-12)5-6-17-10/h1-6H. The number of hydrogen-bond donors (Lipinski definition) is 0. The molecule has 3 rings (SSSR count). The van der Waals surface area contributed by atoms with Gasteiger partial charge in [-0.25, -0.2) is 4.39 Å². The Hall–Kier alpha value is -2.01. The summed E-state index contributed by atoms with van der Waals surface area (Å²) in [5.74, 6) is -0.131. The highest BCUT2D eigenvalue weighted by atomic mass is 32.1. The van der Waals surface area contributed by atoms with Crippen LogP contribution in [0.2, 0.25) is 0 Å². The van der Waals surface area contributed by atoms with E-state index in [0.717, 1.165) is 0 Å². The third-order valence-corrected chi connectivity index (χ3v) is 3.21. The van der Waals surface area contributed by atoms with Crippen molar-refractivity contribution in [3.8, 4) is 11.5 Å². The van der Waals surface area contributed by atoms with Crippen molar-refractivity contribution >= 4 is 21.6 Å². The highest BCUT2D eigenvalue weighted by Crippen LogP contribution is 2.22. The van der Waals surface area contributed by atoms with Crippen molar-refractivity contribution in [2.24, 2.45) is 0 Å². The monoisotopic (exact) mass is 247 g/mol. The average Bonchev–Trinajstić information content (AvgIpc) is 2.78. The van der Waals surface area contributed by atoms with Gasteiger partial charge in [0.15, 0.2) is 5.58 Å². The molecule has 17 heavy (non-hydrogen) atoms. The van der Waals surface area contributed by atoms with E-state index in [-0.39, 0.29) is 17.3 Å². The zero-order valence-electron chi connectivity index (χ0n) is 8.51. The summed E-state index contributed by atoms with van der Waals surface area (Å²) in [5.41, 5.74) is 0.770. The molecule has 0 fully saturated rings.